The Morgan fingerprint density at radius 3 is 2.69 bits per heavy atom. The summed E-state index contributed by atoms with van der Waals surface area (Å²) in [6.45, 7) is 1.88. The van der Waals surface area contributed by atoms with Crippen molar-refractivity contribution in [2.45, 2.75) is 13.5 Å². The van der Waals surface area contributed by atoms with E-state index in [0.717, 1.165) is 21.4 Å². The van der Waals surface area contributed by atoms with Crippen molar-refractivity contribution in [3.63, 3.8) is 0 Å². The molecule has 0 atom stereocenters. The predicted octanol–water partition coefficient (Wildman–Crippen LogP) is 1.50. The molecular formula is C19H18N6O3S. The van der Waals surface area contributed by atoms with Gasteiger partial charge in [0.15, 0.2) is 16.3 Å². The smallest absolute Gasteiger partial charge is 0.315 e. The zero-order valence-electron chi connectivity index (χ0n) is 16.0. The molecule has 0 aliphatic carbocycles. The van der Waals surface area contributed by atoms with Gasteiger partial charge in [0.05, 0.1) is 12.0 Å². The van der Waals surface area contributed by atoms with E-state index in [-0.39, 0.29) is 23.6 Å². The first-order valence-electron chi connectivity index (χ1n) is 8.79. The summed E-state index contributed by atoms with van der Waals surface area (Å²) >= 11 is 1.33. The highest BCUT2D eigenvalue weighted by Crippen LogP contribution is 2.27. The van der Waals surface area contributed by atoms with Crippen LogP contribution in [-0.2, 0) is 25.4 Å². The van der Waals surface area contributed by atoms with Crippen LogP contribution in [0.5, 0.6) is 0 Å². The number of thiazole rings is 1. The summed E-state index contributed by atoms with van der Waals surface area (Å²) in [5.41, 5.74) is 2.37. The highest BCUT2D eigenvalue weighted by Gasteiger charge is 2.16. The van der Waals surface area contributed by atoms with Crippen molar-refractivity contribution < 1.29 is 4.79 Å². The molecule has 0 aliphatic heterocycles. The SMILES string of the molecule is Cc1ccccc1-c1csc(NC(=O)Cn2cnc3c2c(=O)n(C)c(=O)n3C)n1. The molecular weight excluding hydrogens is 392 g/mol. The average Bonchev–Trinajstić information content (AvgIpc) is 3.32. The maximum absolute atomic E-state index is 12.5. The number of anilines is 1. The number of nitrogens with one attached hydrogen (secondary N) is 1. The normalized spacial score (nSPS) is 11.1. The van der Waals surface area contributed by atoms with Crippen molar-refractivity contribution in [2.24, 2.45) is 14.1 Å². The van der Waals surface area contributed by atoms with Crippen molar-refractivity contribution in [2.75, 3.05) is 5.32 Å². The number of rotatable bonds is 4. The highest BCUT2D eigenvalue weighted by molar-refractivity contribution is 7.14. The number of imidazole rings is 1. The monoisotopic (exact) mass is 410 g/mol. The minimum Gasteiger partial charge on any atom is -0.315 e. The summed E-state index contributed by atoms with van der Waals surface area (Å²) in [5, 5.41) is 5.11. The molecule has 1 aromatic carbocycles. The summed E-state index contributed by atoms with van der Waals surface area (Å²) in [5.74, 6) is -0.342. The third-order valence-corrected chi connectivity index (χ3v) is 5.46. The fourth-order valence-electron chi connectivity index (χ4n) is 3.15. The van der Waals surface area contributed by atoms with Gasteiger partial charge in [0, 0.05) is 25.0 Å². The largest absolute Gasteiger partial charge is 0.332 e. The molecule has 0 unspecified atom stereocenters. The second-order valence-corrected chi connectivity index (χ2v) is 7.51. The lowest BCUT2D eigenvalue weighted by atomic mass is 10.1. The molecule has 0 saturated heterocycles. The number of aryl methyl sites for hydroxylation is 2. The van der Waals surface area contributed by atoms with E-state index in [1.807, 2.05) is 36.6 Å². The van der Waals surface area contributed by atoms with Crippen LogP contribution in [0.15, 0.2) is 45.6 Å². The van der Waals surface area contributed by atoms with Crippen LogP contribution in [0.4, 0.5) is 5.13 Å². The molecule has 29 heavy (non-hydrogen) atoms. The van der Waals surface area contributed by atoms with Gasteiger partial charge in [-0.05, 0) is 12.5 Å². The topological polar surface area (TPSA) is 104 Å². The van der Waals surface area contributed by atoms with E-state index in [4.69, 9.17) is 0 Å². The van der Waals surface area contributed by atoms with Crippen molar-refractivity contribution in [1.29, 1.82) is 0 Å². The summed E-state index contributed by atoms with van der Waals surface area (Å²) in [6, 6.07) is 7.89. The minimum absolute atomic E-state index is 0.122. The average molecular weight is 410 g/mol. The van der Waals surface area contributed by atoms with E-state index in [9.17, 15) is 14.4 Å². The molecule has 10 heteroatoms. The number of carbonyl (C=O) groups excluding carboxylic acids is 1. The number of benzene rings is 1. The number of hydrogen-bond acceptors (Lipinski definition) is 6. The summed E-state index contributed by atoms with van der Waals surface area (Å²) in [7, 11) is 2.92. The number of amides is 1. The molecule has 0 saturated carbocycles. The lowest BCUT2D eigenvalue weighted by molar-refractivity contribution is -0.116. The Kier molecular flexibility index (Phi) is 4.63. The van der Waals surface area contributed by atoms with E-state index in [1.54, 1.807) is 0 Å². The van der Waals surface area contributed by atoms with Crippen molar-refractivity contribution in [3.05, 3.63) is 62.4 Å². The van der Waals surface area contributed by atoms with Crippen LogP contribution >= 0.6 is 11.3 Å². The van der Waals surface area contributed by atoms with Gasteiger partial charge in [0.2, 0.25) is 5.91 Å². The van der Waals surface area contributed by atoms with Gasteiger partial charge in [0.1, 0.15) is 6.54 Å². The fraction of sp³-hybridized carbons (Fsp3) is 0.211. The maximum Gasteiger partial charge on any atom is 0.332 e. The van der Waals surface area contributed by atoms with Crippen LogP contribution in [0.1, 0.15) is 5.56 Å². The Morgan fingerprint density at radius 2 is 1.93 bits per heavy atom. The lowest BCUT2D eigenvalue weighted by Gasteiger charge is -2.06. The molecule has 0 aliphatic rings. The lowest BCUT2D eigenvalue weighted by Crippen LogP contribution is -2.37. The molecule has 1 N–H and O–H groups in total. The second kappa shape index (κ2) is 7.13. The molecule has 9 nitrogen and oxygen atoms in total. The first-order valence-corrected chi connectivity index (χ1v) is 9.67. The second-order valence-electron chi connectivity index (χ2n) is 6.65. The number of hydrogen-bond donors (Lipinski definition) is 1. The van der Waals surface area contributed by atoms with Gasteiger partial charge < -0.3 is 9.88 Å². The molecule has 1 amide bonds. The van der Waals surface area contributed by atoms with E-state index in [1.165, 1.54) is 40.9 Å². The van der Waals surface area contributed by atoms with Crippen LogP contribution < -0.4 is 16.6 Å². The third-order valence-electron chi connectivity index (χ3n) is 4.70. The van der Waals surface area contributed by atoms with Gasteiger partial charge in [-0.25, -0.2) is 14.8 Å². The van der Waals surface area contributed by atoms with Crippen molar-refractivity contribution in [1.82, 2.24) is 23.7 Å². The van der Waals surface area contributed by atoms with Crippen LogP contribution in [0.3, 0.4) is 0 Å². The molecule has 0 bridgehead atoms. The Balaban J connectivity index is 1.58. The van der Waals surface area contributed by atoms with Crippen LogP contribution in [0.2, 0.25) is 0 Å². The summed E-state index contributed by atoms with van der Waals surface area (Å²) in [4.78, 5) is 45.6. The van der Waals surface area contributed by atoms with E-state index < -0.39 is 11.2 Å². The summed E-state index contributed by atoms with van der Waals surface area (Å²) < 4.78 is 3.70. The molecule has 3 aromatic heterocycles. The molecule has 148 valence electrons. The Hall–Kier alpha value is -3.53. The van der Waals surface area contributed by atoms with Gasteiger partial charge in [-0.15, -0.1) is 11.3 Å². The van der Waals surface area contributed by atoms with E-state index in [2.05, 4.69) is 15.3 Å². The standard InChI is InChI=1S/C19H18N6O3S/c1-11-6-4-5-7-12(11)13-9-29-18(21-13)22-14(26)8-25-10-20-16-15(25)17(27)24(3)19(28)23(16)2/h4-7,9-10H,8H2,1-3H3,(H,21,22,26). The minimum atomic E-state index is -0.496. The zero-order chi connectivity index (χ0) is 20.7. The van der Waals surface area contributed by atoms with Gasteiger partial charge >= 0.3 is 5.69 Å². The quantitative estimate of drug-likeness (QED) is 0.549. The molecule has 0 radical (unpaired) electrons. The Bertz CT molecular complexity index is 1360. The first kappa shape index (κ1) is 18.8. The Morgan fingerprint density at radius 1 is 1.17 bits per heavy atom. The zero-order valence-corrected chi connectivity index (χ0v) is 16.9. The molecule has 4 aromatic rings. The third kappa shape index (κ3) is 3.27. The maximum atomic E-state index is 12.5. The number of fused-ring (bicyclic) bond motifs is 1. The fourth-order valence-corrected chi connectivity index (χ4v) is 3.87. The number of aromatic nitrogens is 5. The number of carbonyl (C=O) groups is 1. The van der Waals surface area contributed by atoms with Gasteiger partial charge in [0.25, 0.3) is 5.56 Å². The first-order chi connectivity index (χ1) is 13.9. The molecule has 0 fully saturated rings. The molecule has 3 heterocycles. The highest BCUT2D eigenvalue weighted by atomic mass is 32.1. The Labute approximate surface area is 168 Å². The van der Waals surface area contributed by atoms with Crippen LogP contribution in [-0.4, -0.2) is 29.6 Å². The van der Waals surface area contributed by atoms with Crippen molar-refractivity contribution in [3.8, 4) is 11.3 Å². The van der Waals surface area contributed by atoms with Crippen LogP contribution in [0, 0.1) is 6.92 Å². The van der Waals surface area contributed by atoms with Crippen LogP contribution in [0.25, 0.3) is 22.4 Å². The van der Waals surface area contributed by atoms with Gasteiger partial charge in [-0.1, -0.05) is 24.3 Å². The van der Waals surface area contributed by atoms with Crippen molar-refractivity contribution >= 4 is 33.5 Å². The van der Waals surface area contributed by atoms with E-state index >= 15 is 0 Å². The van der Waals surface area contributed by atoms with Gasteiger partial charge in [-0.3, -0.25) is 18.7 Å². The summed E-state index contributed by atoms with van der Waals surface area (Å²) in [6.07, 6.45) is 1.38. The molecule has 0 spiro atoms. The number of nitrogens with zero attached hydrogens (tertiary/aromatic N) is 5. The van der Waals surface area contributed by atoms with Gasteiger partial charge in [-0.2, -0.15) is 0 Å². The predicted molar refractivity (Wildman–Crippen MR) is 111 cm³/mol. The molecule has 4 rings (SSSR count). The van der Waals surface area contributed by atoms with E-state index in [0.29, 0.717) is 5.13 Å².